The van der Waals surface area contributed by atoms with Crippen LogP contribution in [-0.2, 0) is 20.8 Å². The Morgan fingerprint density at radius 2 is 1.85 bits per heavy atom. The number of nitrogens with two attached hydrogens (primary N) is 1. The number of carbonyl (C=O) groups excluding carboxylic acids is 3. The van der Waals surface area contributed by atoms with E-state index in [1.54, 1.807) is 0 Å². The van der Waals surface area contributed by atoms with E-state index >= 15 is 0 Å². The van der Waals surface area contributed by atoms with Gasteiger partial charge >= 0.3 is 0 Å². The zero-order valence-electron chi connectivity index (χ0n) is 16.5. The third-order valence-corrected chi connectivity index (χ3v) is 4.63. The van der Waals surface area contributed by atoms with Crippen molar-refractivity contribution in [2.75, 3.05) is 13.1 Å². The molecule has 0 fully saturated rings. The van der Waals surface area contributed by atoms with Crippen molar-refractivity contribution in [2.45, 2.75) is 64.5 Å². The maximum atomic E-state index is 12.8. The topological polar surface area (TPSA) is 92.5 Å². The minimum absolute atomic E-state index is 0.0512. The number of unbranched alkanes of at least 4 members (excludes halogenated alkanes) is 3. The Balaban J connectivity index is 2.75. The first-order valence-electron chi connectivity index (χ1n) is 9.83. The molecule has 0 radical (unpaired) electrons. The highest BCUT2D eigenvalue weighted by atomic mass is 16.2. The number of benzene rings is 1. The quantitative estimate of drug-likeness (QED) is 0.384. The molecule has 0 saturated heterocycles. The van der Waals surface area contributed by atoms with E-state index in [-0.39, 0.29) is 12.3 Å². The van der Waals surface area contributed by atoms with Gasteiger partial charge in [-0.2, -0.15) is 0 Å². The van der Waals surface area contributed by atoms with Gasteiger partial charge in [0.1, 0.15) is 6.29 Å². The summed E-state index contributed by atoms with van der Waals surface area (Å²) < 4.78 is 0. The molecule has 1 unspecified atom stereocenters. The summed E-state index contributed by atoms with van der Waals surface area (Å²) in [4.78, 5) is 37.7. The molecule has 3 N–H and O–H groups in total. The van der Waals surface area contributed by atoms with Gasteiger partial charge in [0.25, 0.3) is 0 Å². The minimum Gasteiger partial charge on any atom is -0.370 e. The molecule has 0 spiro atoms. The molecule has 0 heterocycles. The summed E-state index contributed by atoms with van der Waals surface area (Å²) in [5.74, 6) is -0.841. The number of nitrogens with one attached hydrogen (secondary N) is 1. The van der Waals surface area contributed by atoms with Crippen molar-refractivity contribution in [3.8, 4) is 0 Å². The lowest BCUT2D eigenvalue weighted by atomic mass is 10.0. The standard InChI is InChI=1S/C21H33N3O3/c1-3-5-6-10-13-24(4-2)19(15-20(22)26)21(27)23-18(16-25)14-17-11-8-7-9-12-17/h7-9,11-12,16,18-19H,3-6,10,13-15H2,1-2H3,(H2,22,26)(H,23,27)/t18-,19?/m0/s1. The molecule has 1 aromatic rings. The Labute approximate surface area is 162 Å². The minimum atomic E-state index is -0.646. The lowest BCUT2D eigenvalue weighted by molar-refractivity contribution is -0.132. The Bertz CT molecular complexity index is 577. The molecule has 0 saturated carbocycles. The number of hydrogen-bond acceptors (Lipinski definition) is 4. The second-order valence-electron chi connectivity index (χ2n) is 6.82. The van der Waals surface area contributed by atoms with Crippen LogP contribution in [0.25, 0.3) is 0 Å². The molecule has 6 heteroatoms. The van der Waals surface area contributed by atoms with Crippen molar-refractivity contribution in [1.29, 1.82) is 0 Å². The van der Waals surface area contributed by atoms with Gasteiger partial charge in [-0.05, 0) is 31.5 Å². The van der Waals surface area contributed by atoms with Gasteiger partial charge in [0.15, 0.2) is 0 Å². The molecular formula is C21H33N3O3. The number of aldehydes is 1. The van der Waals surface area contributed by atoms with E-state index in [1.165, 1.54) is 0 Å². The first kappa shape index (κ1) is 22.8. The van der Waals surface area contributed by atoms with Crippen molar-refractivity contribution in [2.24, 2.45) is 5.73 Å². The maximum Gasteiger partial charge on any atom is 0.238 e. The molecule has 2 atom stereocenters. The number of likely N-dealkylation sites (N-methyl/N-ethyl adjacent to an activating group) is 1. The summed E-state index contributed by atoms with van der Waals surface area (Å²) >= 11 is 0. The highest BCUT2D eigenvalue weighted by molar-refractivity contribution is 5.89. The molecule has 27 heavy (non-hydrogen) atoms. The highest BCUT2D eigenvalue weighted by Crippen LogP contribution is 2.10. The van der Waals surface area contributed by atoms with Crippen LogP contribution in [0.4, 0.5) is 0 Å². The average Bonchev–Trinajstić information content (AvgIpc) is 2.66. The average molecular weight is 376 g/mol. The van der Waals surface area contributed by atoms with E-state index in [4.69, 9.17) is 5.73 Å². The molecule has 0 aliphatic rings. The smallest absolute Gasteiger partial charge is 0.238 e. The van der Waals surface area contributed by atoms with Crippen LogP contribution in [0.2, 0.25) is 0 Å². The summed E-state index contributed by atoms with van der Waals surface area (Å²) in [6.07, 6.45) is 5.44. The third kappa shape index (κ3) is 8.82. The molecule has 0 bridgehead atoms. The Kier molecular flexibility index (Phi) is 11.0. The SMILES string of the molecule is CCCCCCN(CC)C(CC(N)=O)C(=O)N[C@H](C=O)Cc1ccccc1. The van der Waals surface area contributed by atoms with Crippen LogP contribution >= 0.6 is 0 Å². The fraction of sp³-hybridized carbons (Fsp3) is 0.571. The van der Waals surface area contributed by atoms with Crippen LogP contribution < -0.4 is 11.1 Å². The van der Waals surface area contributed by atoms with Crippen LogP contribution in [0, 0.1) is 0 Å². The molecule has 0 aliphatic carbocycles. The summed E-state index contributed by atoms with van der Waals surface area (Å²) in [6.45, 7) is 5.48. The maximum absolute atomic E-state index is 12.8. The summed E-state index contributed by atoms with van der Waals surface area (Å²) in [6, 6.07) is 8.24. The summed E-state index contributed by atoms with van der Waals surface area (Å²) in [5, 5.41) is 2.78. The lowest BCUT2D eigenvalue weighted by Crippen LogP contribution is -2.52. The van der Waals surface area contributed by atoms with Crippen LogP contribution in [0.5, 0.6) is 0 Å². The summed E-state index contributed by atoms with van der Waals surface area (Å²) in [7, 11) is 0. The van der Waals surface area contributed by atoms with E-state index in [1.807, 2.05) is 42.2 Å². The number of nitrogens with zero attached hydrogens (tertiary/aromatic N) is 1. The molecule has 150 valence electrons. The van der Waals surface area contributed by atoms with Gasteiger partial charge in [-0.25, -0.2) is 0 Å². The third-order valence-electron chi connectivity index (χ3n) is 4.63. The normalized spacial score (nSPS) is 13.1. The van der Waals surface area contributed by atoms with Crippen LogP contribution in [0.1, 0.15) is 51.5 Å². The monoisotopic (exact) mass is 375 g/mol. The molecule has 6 nitrogen and oxygen atoms in total. The van der Waals surface area contributed by atoms with E-state index < -0.39 is 18.0 Å². The lowest BCUT2D eigenvalue weighted by Gasteiger charge is -2.30. The van der Waals surface area contributed by atoms with E-state index in [2.05, 4.69) is 12.2 Å². The van der Waals surface area contributed by atoms with Gasteiger partial charge in [-0.3, -0.25) is 14.5 Å². The largest absolute Gasteiger partial charge is 0.370 e. The summed E-state index contributed by atoms with van der Waals surface area (Å²) in [5.41, 5.74) is 6.34. The number of hydrogen-bond donors (Lipinski definition) is 2. The predicted octanol–water partition coefficient (Wildman–Crippen LogP) is 2.06. The van der Waals surface area contributed by atoms with Crippen molar-refractivity contribution in [1.82, 2.24) is 10.2 Å². The van der Waals surface area contributed by atoms with Gasteiger partial charge in [0.05, 0.1) is 18.5 Å². The Morgan fingerprint density at radius 1 is 1.15 bits per heavy atom. The van der Waals surface area contributed by atoms with Gasteiger partial charge in [0, 0.05) is 0 Å². The fourth-order valence-corrected chi connectivity index (χ4v) is 3.13. The first-order chi connectivity index (χ1) is 13.0. The van der Waals surface area contributed by atoms with Gasteiger partial charge < -0.3 is 15.8 Å². The van der Waals surface area contributed by atoms with E-state index in [0.29, 0.717) is 13.0 Å². The molecule has 0 aliphatic heterocycles. The van der Waals surface area contributed by atoms with E-state index in [9.17, 15) is 14.4 Å². The van der Waals surface area contributed by atoms with Gasteiger partial charge in [0.2, 0.25) is 11.8 Å². The van der Waals surface area contributed by atoms with Crippen molar-refractivity contribution < 1.29 is 14.4 Å². The fourth-order valence-electron chi connectivity index (χ4n) is 3.13. The molecule has 1 rings (SSSR count). The van der Waals surface area contributed by atoms with Crippen LogP contribution in [-0.4, -0.2) is 48.2 Å². The van der Waals surface area contributed by atoms with Crippen LogP contribution in [0.3, 0.4) is 0 Å². The number of amides is 2. The Hall–Kier alpha value is -2.21. The second kappa shape index (κ2) is 13.0. The van der Waals surface area contributed by atoms with Crippen molar-refractivity contribution in [3.63, 3.8) is 0 Å². The zero-order valence-corrected chi connectivity index (χ0v) is 16.5. The molecule has 0 aromatic heterocycles. The van der Waals surface area contributed by atoms with Gasteiger partial charge in [-0.15, -0.1) is 0 Å². The van der Waals surface area contributed by atoms with Crippen molar-refractivity contribution in [3.05, 3.63) is 35.9 Å². The van der Waals surface area contributed by atoms with Crippen LogP contribution in [0.15, 0.2) is 30.3 Å². The number of primary amides is 1. The number of carbonyl (C=O) groups is 3. The number of rotatable bonds is 14. The Morgan fingerprint density at radius 3 is 2.41 bits per heavy atom. The first-order valence-corrected chi connectivity index (χ1v) is 9.83. The molecular weight excluding hydrogens is 342 g/mol. The van der Waals surface area contributed by atoms with E-state index in [0.717, 1.165) is 44.1 Å². The predicted molar refractivity (Wildman–Crippen MR) is 107 cm³/mol. The second-order valence-corrected chi connectivity index (χ2v) is 6.82. The molecule has 2 amide bonds. The molecule has 1 aromatic carbocycles. The van der Waals surface area contributed by atoms with Gasteiger partial charge in [-0.1, -0.05) is 63.4 Å². The zero-order chi connectivity index (χ0) is 20.1. The van der Waals surface area contributed by atoms with Crippen molar-refractivity contribution >= 4 is 18.1 Å². The highest BCUT2D eigenvalue weighted by Gasteiger charge is 2.28.